The van der Waals surface area contributed by atoms with Crippen LogP contribution in [0.15, 0.2) is 27.6 Å². The maximum absolute atomic E-state index is 12.9. The zero-order valence-electron chi connectivity index (χ0n) is 12.8. The molecule has 0 bridgehead atoms. The predicted molar refractivity (Wildman–Crippen MR) is 88.6 cm³/mol. The van der Waals surface area contributed by atoms with Crippen molar-refractivity contribution < 1.29 is 13.5 Å². The number of hydrogen-bond acceptors (Lipinski definition) is 3. The Morgan fingerprint density at radius 2 is 2.00 bits per heavy atom. The van der Waals surface area contributed by atoms with E-state index in [1.54, 1.807) is 22.5 Å². The zero-order valence-corrected chi connectivity index (χ0v) is 15.2. The molecule has 0 amide bonds. The van der Waals surface area contributed by atoms with Gasteiger partial charge in [-0.25, -0.2) is 8.42 Å². The molecule has 0 radical (unpaired) electrons. The van der Waals surface area contributed by atoms with Crippen LogP contribution in [0.2, 0.25) is 0 Å². The first-order valence-corrected chi connectivity index (χ1v) is 9.52. The maximum Gasteiger partial charge on any atom is 0.244 e. The van der Waals surface area contributed by atoms with Crippen molar-refractivity contribution in [2.45, 2.75) is 57.6 Å². The van der Waals surface area contributed by atoms with E-state index in [-0.39, 0.29) is 17.5 Å². The second-order valence-corrected chi connectivity index (χ2v) is 7.86. The average molecular weight is 378 g/mol. The number of hydrogen-bond donors (Lipinski definition) is 1. The Morgan fingerprint density at radius 1 is 1.33 bits per heavy atom. The van der Waals surface area contributed by atoms with Gasteiger partial charge in [0.05, 0.1) is 11.5 Å². The minimum Gasteiger partial charge on any atom is -0.392 e. The summed E-state index contributed by atoms with van der Waals surface area (Å²) in [6, 6.07) is 4.88. The first kappa shape index (κ1) is 18.6. The van der Waals surface area contributed by atoms with E-state index >= 15 is 0 Å². The fraction of sp³-hybridized carbons (Fsp3) is 0.600. The lowest BCUT2D eigenvalue weighted by molar-refractivity contribution is 0.281. The van der Waals surface area contributed by atoms with Gasteiger partial charge in [-0.05, 0) is 53.4 Å². The summed E-state index contributed by atoms with van der Waals surface area (Å²) in [6.07, 6.45) is 2.54. The van der Waals surface area contributed by atoms with Crippen LogP contribution in [0.3, 0.4) is 0 Å². The van der Waals surface area contributed by atoms with Crippen LogP contribution in [0.25, 0.3) is 0 Å². The van der Waals surface area contributed by atoms with E-state index in [2.05, 4.69) is 15.9 Å². The summed E-state index contributed by atoms with van der Waals surface area (Å²) in [4.78, 5) is 0.227. The van der Waals surface area contributed by atoms with Crippen molar-refractivity contribution in [3.8, 4) is 0 Å². The van der Waals surface area contributed by atoms with E-state index in [0.717, 1.165) is 19.3 Å². The van der Waals surface area contributed by atoms with Crippen LogP contribution >= 0.6 is 15.9 Å². The second kappa shape index (κ2) is 8.27. The van der Waals surface area contributed by atoms with Crippen molar-refractivity contribution in [2.24, 2.45) is 0 Å². The lowest BCUT2D eigenvalue weighted by Crippen LogP contribution is -2.39. The second-order valence-electron chi connectivity index (χ2n) is 5.15. The van der Waals surface area contributed by atoms with Gasteiger partial charge >= 0.3 is 0 Å². The molecule has 0 aliphatic carbocycles. The topological polar surface area (TPSA) is 57.6 Å². The molecule has 0 aliphatic heterocycles. The van der Waals surface area contributed by atoms with Gasteiger partial charge in [-0.3, -0.25) is 0 Å². The maximum atomic E-state index is 12.9. The van der Waals surface area contributed by atoms with Gasteiger partial charge in [0.2, 0.25) is 10.0 Å². The minimum absolute atomic E-state index is 0.0498. The van der Waals surface area contributed by atoms with Gasteiger partial charge in [-0.2, -0.15) is 4.31 Å². The predicted octanol–water partition coefficient (Wildman–Crippen LogP) is 3.53. The zero-order chi connectivity index (χ0) is 16.0. The molecule has 1 atom stereocenters. The van der Waals surface area contributed by atoms with Crippen LogP contribution < -0.4 is 0 Å². The van der Waals surface area contributed by atoms with Gasteiger partial charge < -0.3 is 5.11 Å². The Balaban J connectivity index is 3.27. The van der Waals surface area contributed by atoms with Crippen molar-refractivity contribution >= 4 is 26.0 Å². The molecular weight excluding hydrogens is 354 g/mol. The summed E-state index contributed by atoms with van der Waals surface area (Å²) in [5.41, 5.74) is 0.594. The number of aliphatic hydroxyl groups excluding tert-OH is 1. The summed E-state index contributed by atoms with van der Waals surface area (Å²) in [5.74, 6) is 0. The normalized spacial score (nSPS) is 13.6. The Bertz CT molecular complexity index is 560. The standard InChI is InChI=1S/C15H24BrNO3S/c1-4-6-9-17(12(3)5-2)21(19,20)15-10-13(11-18)7-8-14(15)16/h7-8,10,12,18H,4-6,9,11H2,1-3H3. The molecular formula is C15H24BrNO3S. The van der Waals surface area contributed by atoms with E-state index in [0.29, 0.717) is 16.6 Å². The summed E-state index contributed by atoms with van der Waals surface area (Å²) in [6.45, 7) is 6.30. The first-order valence-electron chi connectivity index (χ1n) is 7.29. The number of unbranched alkanes of at least 4 members (excludes halogenated alkanes) is 1. The number of sulfonamides is 1. The summed E-state index contributed by atoms with van der Waals surface area (Å²) >= 11 is 3.32. The molecule has 1 N–H and O–H groups in total. The Labute approximate surface area is 136 Å². The van der Waals surface area contributed by atoms with E-state index in [1.807, 2.05) is 20.8 Å². The van der Waals surface area contributed by atoms with E-state index < -0.39 is 10.0 Å². The minimum atomic E-state index is -3.57. The summed E-state index contributed by atoms with van der Waals surface area (Å²) in [5, 5.41) is 9.23. The SMILES string of the molecule is CCCCN(C(C)CC)S(=O)(=O)c1cc(CO)ccc1Br. The molecule has 0 spiro atoms. The van der Waals surface area contributed by atoms with Crippen LogP contribution in [0, 0.1) is 0 Å². The van der Waals surface area contributed by atoms with Crippen LogP contribution in [-0.4, -0.2) is 30.4 Å². The van der Waals surface area contributed by atoms with E-state index in [1.165, 1.54) is 0 Å². The van der Waals surface area contributed by atoms with Crippen LogP contribution in [0.5, 0.6) is 0 Å². The van der Waals surface area contributed by atoms with E-state index in [9.17, 15) is 13.5 Å². The summed E-state index contributed by atoms with van der Waals surface area (Å²) < 4.78 is 28.0. The van der Waals surface area contributed by atoms with Gasteiger partial charge in [0, 0.05) is 17.1 Å². The molecule has 21 heavy (non-hydrogen) atoms. The van der Waals surface area contributed by atoms with Gasteiger partial charge in [0.25, 0.3) is 0 Å². The molecule has 0 fully saturated rings. The van der Waals surface area contributed by atoms with Gasteiger partial charge in [0.1, 0.15) is 0 Å². The largest absolute Gasteiger partial charge is 0.392 e. The molecule has 0 heterocycles. The van der Waals surface area contributed by atoms with Crippen molar-refractivity contribution in [1.29, 1.82) is 0 Å². The highest BCUT2D eigenvalue weighted by molar-refractivity contribution is 9.10. The third-order valence-corrected chi connectivity index (χ3v) is 6.59. The molecule has 1 unspecified atom stereocenters. The fourth-order valence-electron chi connectivity index (χ4n) is 2.07. The van der Waals surface area contributed by atoms with Gasteiger partial charge in [0.15, 0.2) is 0 Å². The average Bonchev–Trinajstić information content (AvgIpc) is 2.47. The number of benzene rings is 1. The first-order chi connectivity index (χ1) is 9.88. The highest BCUT2D eigenvalue weighted by atomic mass is 79.9. The molecule has 120 valence electrons. The van der Waals surface area contributed by atoms with Crippen molar-refractivity contribution in [3.63, 3.8) is 0 Å². The molecule has 0 aliphatic rings. The lowest BCUT2D eigenvalue weighted by atomic mass is 10.2. The molecule has 6 heteroatoms. The van der Waals surface area contributed by atoms with Crippen molar-refractivity contribution in [3.05, 3.63) is 28.2 Å². The van der Waals surface area contributed by atoms with Crippen LogP contribution in [0.4, 0.5) is 0 Å². The van der Waals surface area contributed by atoms with Crippen LogP contribution in [0.1, 0.15) is 45.6 Å². The summed E-state index contributed by atoms with van der Waals surface area (Å²) in [7, 11) is -3.57. The Kier molecular flexibility index (Phi) is 7.33. The number of aliphatic hydroxyl groups is 1. The van der Waals surface area contributed by atoms with E-state index in [4.69, 9.17) is 0 Å². The lowest BCUT2D eigenvalue weighted by Gasteiger charge is -2.28. The molecule has 1 aromatic rings. The molecule has 0 saturated carbocycles. The third-order valence-electron chi connectivity index (χ3n) is 3.58. The Hall–Kier alpha value is -0.430. The molecule has 0 aromatic heterocycles. The molecule has 1 rings (SSSR count). The fourth-order valence-corrected chi connectivity index (χ4v) is 4.79. The molecule has 4 nitrogen and oxygen atoms in total. The molecule has 1 aromatic carbocycles. The molecule has 0 saturated heterocycles. The Morgan fingerprint density at radius 3 is 2.52 bits per heavy atom. The number of nitrogens with zero attached hydrogens (tertiary/aromatic N) is 1. The van der Waals surface area contributed by atoms with Crippen molar-refractivity contribution in [1.82, 2.24) is 4.31 Å². The van der Waals surface area contributed by atoms with Crippen molar-refractivity contribution in [2.75, 3.05) is 6.54 Å². The van der Waals surface area contributed by atoms with Gasteiger partial charge in [-0.1, -0.05) is 26.3 Å². The number of rotatable bonds is 8. The monoisotopic (exact) mass is 377 g/mol. The number of halogens is 1. The van der Waals surface area contributed by atoms with Gasteiger partial charge in [-0.15, -0.1) is 0 Å². The van der Waals surface area contributed by atoms with Crippen LogP contribution in [-0.2, 0) is 16.6 Å². The quantitative estimate of drug-likeness (QED) is 0.753. The smallest absolute Gasteiger partial charge is 0.244 e. The third kappa shape index (κ3) is 4.52. The highest BCUT2D eigenvalue weighted by Gasteiger charge is 2.29. The highest BCUT2D eigenvalue weighted by Crippen LogP contribution is 2.28.